The van der Waals surface area contributed by atoms with Gasteiger partial charge in [-0.3, -0.25) is 9.48 Å². The lowest BCUT2D eigenvalue weighted by Gasteiger charge is -2.09. The Bertz CT molecular complexity index is 1200. The summed E-state index contributed by atoms with van der Waals surface area (Å²) >= 11 is 1.16. The molecule has 1 amide bonds. The highest BCUT2D eigenvalue weighted by molar-refractivity contribution is 6.99. The van der Waals surface area contributed by atoms with Crippen LogP contribution in [-0.4, -0.2) is 24.4 Å². The zero-order valence-corrected chi connectivity index (χ0v) is 18.4. The SMILES string of the molecule is Cc1nsnc1COc1cccc(C(=O)Nc2c(C)nn(Cc3ccccc3)c2C)c1. The molecule has 0 atom stereocenters. The molecule has 0 aliphatic rings. The van der Waals surface area contributed by atoms with E-state index in [9.17, 15) is 4.79 Å². The molecule has 0 aliphatic heterocycles. The Labute approximate surface area is 185 Å². The average Bonchev–Trinajstić information content (AvgIpc) is 3.30. The van der Waals surface area contributed by atoms with Crippen molar-refractivity contribution in [2.45, 2.75) is 33.9 Å². The van der Waals surface area contributed by atoms with Crippen LogP contribution in [0.3, 0.4) is 0 Å². The van der Waals surface area contributed by atoms with Crippen LogP contribution in [0.2, 0.25) is 0 Å². The molecular weight excluding hydrogens is 410 g/mol. The van der Waals surface area contributed by atoms with Gasteiger partial charge in [-0.1, -0.05) is 36.4 Å². The standard InChI is InChI=1S/C23H23N5O2S/c1-15-21(27-31-26-15)14-30-20-11-7-10-19(12-20)23(29)24-22-16(2)25-28(17(22)3)13-18-8-5-4-6-9-18/h4-12H,13-14H2,1-3H3,(H,24,29). The fourth-order valence-corrected chi connectivity index (χ4v) is 3.79. The van der Waals surface area contributed by atoms with Gasteiger partial charge in [0.2, 0.25) is 0 Å². The highest BCUT2D eigenvalue weighted by Gasteiger charge is 2.16. The normalized spacial score (nSPS) is 10.8. The van der Waals surface area contributed by atoms with Crippen molar-refractivity contribution < 1.29 is 9.53 Å². The van der Waals surface area contributed by atoms with E-state index in [1.54, 1.807) is 18.2 Å². The molecule has 0 bridgehead atoms. The Morgan fingerprint density at radius 3 is 2.58 bits per heavy atom. The van der Waals surface area contributed by atoms with Crippen LogP contribution in [0.4, 0.5) is 5.69 Å². The highest BCUT2D eigenvalue weighted by Crippen LogP contribution is 2.22. The molecular formula is C23H23N5O2S. The minimum Gasteiger partial charge on any atom is -0.487 e. The maximum absolute atomic E-state index is 12.9. The maximum Gasteiger partial charge on any atom is 0.255 e. The first-order chi connectivity index (χ1) is 15.0. The van der Waals surface area contributed by atoms with Gasteiger partial charge in [0.05, 0.1) is 41.0 Å². The summed E-state index contributed by atoms with van der Waals surface area (Å²) in [6, 6.07) is 17.2. The summed E-state index contributed by atoms with van der Waals surface area (Å²) in [7, 11) is 0. The molecule has 8 heteroatoms. The van der Waals surface area contributed by atoms with E-state index in [1.807, 2.05) is 49.7 Å². The van der Waals surface area contributed by atoms with Gasteiger partial charge in [0, 0.05) is 5.56 Å². The molecule has 2 aromatic carbocycles. The first-order valence-electron chi connectivity index (χ1n) is 9.91. The van der Waals surface area contributed by atoms with E-state index in [4.69, 9.17) is 4.74 Å². The topological polar surface area (TPSA) is 81.9 Å². The van der Waals surface area contributed by atoms with E-state index in [0.29, 0.717) is 24.5 Å². The van der Waals surface area contributed by atoms with Gasteiger partial charge in [0.1, 0.15) is 18.1 Å². The predicted octanol–water partition coefficient (Wildman–Crippen LogP) is 4.54. The van der Waals surface area contributed by atoms with E-state index in [1.165, 1.54) is 0 Å². The smallest absolute Gasteiger partial charge is 0.255 e. The van der Waals surface area contributed by atoms with Crippen molar-refractivity contribution >= 4 is 23.3 Å². The molecule has 0 radical (unpaired) electrons. The van der Waals surface area contributed by atoms with E-state index in [0.717, 1.165) is 45.8 Å². The number of aryl methyl sites for hydroxylation is 2. The maximum atomic E-state index is 12.9. The predicted molar refractivity (Wildman–Crippen MR) is 121 cm³/mol. The molecule has 2 aromatic heterocycles. The number of anilines is 1. The number of hydrogen-bond donors (Lipinski definition) is 1. The van der Waals surface area contributed by atoms with Gasteiger partial charge >= 0.3 is 0 Å². The zero-order valence-electron chi connectivity index (χ0n) is 17.6. The van der Waals surface area contributed by atoms with Crippen LogP contribution in [0, 0.1) is 20.8 Å². The minimum absolute atomic E-state index is 0.206. The van der Waals surface area contributed by atoms with Crippen molar-refractivity contribution in [3.8, 4) is 5.75 Å². The molecule has 0 saturated carbocycles. The number of benzene rings is 2. The molecule has 0 saturated heterocycles. The second kappa shape index (κ2) is 9.09. The number of carbonyl (C=O) groups excluding carboxylic acids is 1. The van der Waals surface area contributed by atoms with E-state index in [-0.39, 0.29) is 5.91 Å². The monoisotopic (exact) mass is 433 g/mol. The Balaban J connectivity index is 1.46. The minimum atomic E-state index is -0.206. The number of nitrogens with one attached hydrogen (secondary N) is 1. The molecule has 31 heavy (non-hydrogen) atoms. The molecule has 4 rings (SSSR count). The molecule has 7 nitrogen and oxygen atoms in total. The quantitative estimate of drug-likeness (QED) is 0.463. The lowest BCUT2D eigenvalue weighted by molar-refractivity contribution is 0.102. The van der Waals surface area contributed by atoms with Gasteiger partial charge < -0.3 is 10.1 Å². The van der Waals surface area contributed by atoms with Gasteiger partial charge in [-0.05, 0) is 44.5 Å². The van der Waals surface area contributed by atoms with E-state index >= 15 is 0 Å². The van der Waals surface area contributed by atoms with Crippen molar-refractivity contribution in [2.24, 2.45) is 0 Å². The Hall–Kier alpha value is -3.52. The van der Waals surface area contributed by atoms with Crippen molar-refractivity contribution in [1.29, 1.82) is 0 Å². The number of nitrogens with zero attached hydrogens (tertiary/aromatic N) is 4. The lowest BCUT2D eigenvalue weighted by atomic mass is 10.2. The fourth-order valence-electron chi connectivity index (χ4n) is 3.23. The molecule has 0 fully saturated rings. The number of carbonyl (C=O) groups is 1. The molecule has 1 N–H and O–H groups in total. The van der Waals surface area contributed by atoms with Gasteiger partial charge in [-0.25, -0.2) is 0 Å². The van der Waals surface area contributed by atoms with E-state index < -0.39 is 0 Å². The summed E-state index contributed by atoms with van der Waals surface area (Å²) in [5.41, 5.74) is 5.75. The van der Waals surface area contributed by atoms with Gasteiger partial charge in [0.15, 0.2) is 0 Å². The van der Waals surface area contributed by atoms with E-state index in [2.05, 4.69) is 31.3 Å². The van der Waals surface area contributed by atoms with Gasteiger partial charge in [-0.2, -0.15) is 13.8 Å². The lowest BCUT2D eigenvalue weighted by Crippen LogP contribution is -2.13. The van der Waals surface area contributed by atoms with Crippen LogP contribution < -0.4 is 10.1 Å². The number of rotatable bonds is 7. The molecule has 4 aromatic rings. The third-order valence-corrected chi connectivity index (χ3v) is 5.67. The Morgan fingerprint density at radius 1 is 1.03 bits per heavy atom. The highest BCUT2D eigenvalue weighted by atomic mass is 32.1. The van der Waals surface area contributed by atoms with Gasteiger partial charge in [-0.15, -0.1) is 0 Å². The molecule has 2 heterocycles. The Kier molecular flexibility index (Phi) is 6.08. The average molecular weight is 434 g/mol. The molecule has 158 valence electrons. The number of amides is 1. The first kappa shape index (κ1) is 20.7. The zero-order chi connectivity index (χ0) is 21.8. The molecule has 0 unspecified atom stereocenters. The third kappa shape index (κ3) is 4.80. The molecule has 0 spiro atoms. The third-order valence-electron chi connectivity index (χ3n) is 5.01. The fraction of sp³-hybridized carbons (Fsp3) is 0.217. The molecule has 0 aliphatic carbocycles. The summed E-state index contributed by atoms with van der Waals surface area (Å²) in [6.45, 7) is 6.72. The van der Waals surface area contributed by atoms with Gasteiger partial charge in [0.25, 0.3) is 5.91 Å². The van der Waals surface area contributed by atoms with Crippen molar-refractivity contribution in [3.05, 3.63) is 88.5 Å². The second-order valence-electron chi connectivity index (χ2n) is 7.26. The van der Waals surface area contributed by atoms with Crippen LogP contribution in [0.15, 0.2) is 54.6 Å². The van der Waals surface area contributed by atoms with Crippen molar-refractivity contribution in [1.82, 2.24) is 18.5 Å². The summed E-state index contributed by atoms with van der Waals surface area (Å²) < 4.78 is 16.1. The second-order valence-corrected chi connectivity index (χ2v) is 7.78. The summed E-state index contributed by atoms with van der Waals surface area (Å²) in [6.07, 6.45) is 0. The summed E-state index contributed by atoms with van der Waals surface area (Å²) in [4.78, 5) is 12.9. The number of hydrogen-bond acceptors (Lipinski definition) is 6. The first-order valence-corrected chi connectivity index (χ1v) is 10.6. The summed E-state index contributed by atoms with van der Waals surface area (Å²) in [5.74, 6) is 0.399. The largest absolute Gasteiger partial charge is 0.487 e. The van der Waals surface area contributed by atoms with Crippen LogP contribution in [-0.2, 0) is 13.2 Å². The number of aromatic nitrogens is 4. The summed E-state index contributed by atoms with van der Waals surface area (Å²) in [5, 5.41) is 7.61. The van der Waals surface area contributed by atoms with Crippen LogP contribution in [0.1, 0.15) is 38.7 Å². The Morgan fingerprint density at radius 2 is 1.84 bits per heavy atom. The van der Waals surface area contributed by atoms with Crippen LogP contribution in [0.25, 0.3) is 0 Å². The van der Waals surface area contributed by atoms with Crippen molar-refractivity contribution in [2.75, 3.05) is 5.32 Å². The van der Waals surface area contributed by atoms with Crippen molar-refractivity contribution in [3.63, 3.8) is 0 Å². The van der Waals surface area contributed by atoms with Crippen LogP contribution >= 0.6 is 11.7 Å². The van der Waals surface area contributed by atoms with Crippen LogP contribution in [0.5, 0.6) is 5.75 Å². The number of ether oxygens (including phenoxy) is 1.